The van der Waals surface area contributed by atoms with Crippen LogP contribution in [0.1, 0.15) is 10.4 Å². The molecule has 142 valence electrons. The van der Waals surface area contributed by atoms with E-state index in [4.69, 9.17) is 21.1 Å². The number of anilines is 1. The molecule has 1 aliphatic heterocycles. The summed E-state index contributed by atoms with van der Waals surface area (Å²) in [4.78, 5) is 14.7. The van der Waals surface area contributed by atoms with Gasteiger partial charge < -0.3 is 14.4 Å². The summed E-state index contributed by atoms with van der Waals surface area (Å²) >= 11 is 6.08. The molecule has 0 saturated carbocycles. The smallest absolute Gasteiger partial charge is 0.258 e. The van der Waals surface area contributed by atoms with Crippen LogP contribution in [0.4, 0.5) is 5.69 Å². The van der Waals surface area contributed by atoms with Crippen LogP contribution in [0.15, 0.2) is 53.9 Å². The first-order valence-corrected chi connectivity index (χ1v) is 10.2. The molecule has 0 bridgehead atoms. The predicted octanol–water partition coefficient (Wildman–Crippen LogP) is 3.31. The molecule has 1 atom stereocenters. The van der Waals surface area contributed by atoms with Crippen LogP contribution in [-0.2, 0) is 9.84 Å². The van der Waals surface area contributed by atoms with E-state index in [-0.39, 0.29) is 11.7 Å². The normalized spacial score (nSPS) is 17.5. The van der Waals surface area contributed by atoms with Crippen LogP contribution in [-0.4, -0.2) is 40.3 Å². The first-order valence-electron chi connectivity index (χ1n) is 8.07. The van der Waals surface area contributed by atoms with E-state index >= 15 is 0 Å². The molecule has 2 aromatic carbocycles. The predicted molar refractivity (Wildman–Crippen MR) is 105 cm³/mol. The number of carbonyl (C=O) groups excluding carboxylic acids is 1. The lowest BCUT2D eigenvalue weighted by atomic mass is 10.1. The van der Waals surface area contributed by atoms with Crippen molar-refractivity contribution < 1.29 is 22.7 Å². The number of hydrogen-bond donors (Lipinski definition) is 0. The van der Waals surface area contributed by atoms with E-state index in [9.17, 15) is 13.2 Å². The van der Waals surface area contributed by atoms with E-state index in [0.717, 1.165) is 5.41 Å². The van der Waals surface area contributed by atoms with Crippen molar-refractivity contribution in [2.75, 3.05) is 24.9 Å². The molecule has 0 aromatic heterocycles. The Morgan fingerprint density at radius 1 is 1.11 bits per heavy atom. The summed E-state index contributed by atoms with van der Waals surface area (Å²) < 4.78 is 34.3. The number of ether oxygens (including phenoxy) is 2. The highest BCUT2D eigenvalue weighted by Gasteiger charge is 2.32. The quantitative estimate of drug-likeness (QED) is 0.760. The van der Waals surface area contributed by atoms with Crippen molar-refractivity contribution in [3.05, 3.63) is 64.5 Å². The lowest BCUT2D eigenvalue weighted by Crippen LogP contribution is -2.41. The Bertz CT molecular complexity index is 1000. The van der Waals surface area contributed by atoms with Gasteiger partial charge in [0.1, 0.15) is 0 Å². The number of amides is 1. The van der Waals surface area contributed by atoms with Gasteiger partial charge in [0.25, 0.3) is 5.91 Å². The van der Waals surface area contributed by atoms with E-state index in [1.165, 1.54) is 25.2 Å². The average Bonchev–Trinajstić information content (AvgIpc) is 3.00. The maximum absolute atomic E-state index is 13.3. The van der Waals surface area contributed by atoms with Crippen molar-refractivity contribution >= 4 is 33.0 Å². The third-order valence-electron chi connectivity index (χ3n) is 4.18. The zero-order chi connectivity index (χ0) is 19.6. The molecule has 2 aromatic rings. The SMILES string of the molecule is COc1ccc(C(=O)N(c2cccc(Cl)c2)C2C=CS(=O)(=O)C2)cc1OC. The Morgan fingerprint density at radius 2 is 1.85 bits per heavy atom. The first kappa shape index (κ1) is 19.3. The van der Waals surface area contributed by atoms with E-state index in [2.05, 4.69) is 0 Å². The molecule has 0 saturated heterocycles. The van der Waals surface area contributed by atoms with E-state index in [0.29, 0.717) is 27.8 Å². The van der Waals surface area contributed by atoms with Crippen LogP contribution in [0.25, 0.3) is 0 Å². The minimum Gasteiger partial charge on any atom is -0.493 e. The molecule has 1 aliphatic rings. The monoisotopic (exact) mass is 407 g/mol. The Morgan fingerprint density at radius 3 is 2.44 bits per heavy atom. The third-order valence-corrected chi connectivity index (χ3v) is 5.79. The standard InChI is InChI=1S/C19H18ClNO5S/c1-25-17-7-6-13(10-18(17)26-2)19(22)21(15-5-3-4-14(20)11-15)16-8-9-27(23,24)12-16/h3-11,16H,12H2,1-2H3. The zero-order valence-corrected chi connectivity index (χ0v) is 16.3. The van der Waals surface area contributed by atoms with Crippen molar-refractivity contribution in [3.63, 3.8) is 0 Å². The first-order chi connectivity index (χ1) is 12.8. The Kier molecular flexibility index (Phi) is 5.43. The number of carbonyl (C=O) groups is 1. The molecule has 1 amide bonds. The number of sulfone groups is 1. The molecule has 0 radical (unpaired) electrons. The highest BCUT2D eigenvalue weighted by Crippen LogP contribution is 2.31. The number of methoxy groups -OCH3 is 2. The Labute approximate surface area is 162 Å². The summed E-state index contributed by atoms with van der Waals surface area (Å²) in [6.45, 7) is 0. The van der Waals surface area contributed by atoms with Crippen molar-refractivity contribution in [2.45, 2.75) is 6.04 Å². The fraction of sp³-hybridized carbons (Fsp3) is 0.211. The Balaban J connectivity index is 2.05. The second kappa shape index (κ2) is 7.62. The van der Waals surface area contributed by atoms with Gasteiger partial charge in [-0.05, 0) is 42.5 Å². The van der Waals surface area contributed by atoms with Gasteiger partial charge >= 0.3 is 0 Å². The highest BCUT2D eigenvalue weighted by molar-refractivity contribution is 7.94. The molecular formula is C19H18ClNO5S. The lowest BCUT2D eigenvalue weighted by Gasteiger charge is -2.28. The summed E-state index contributed by atoms with van der Waals surface area (Å²) in [6.07, 6.45) is 1.51. The molecule has 1 unspecified atom stereocenters. The van der Waals surface area contributed by atoms with Gasteiger partial charge in [-0.1, -0.05) is 17.7 Å². The van der Waals surface area contributed by atoms with Gasteiger partial charge in [-0.2, -0.15) is 0 Å². The number of halogens is 1. The molecule has 1 heterocycles. The molecule has 6 nitrogen and oxygen atoms in total. The van der Waals surface area contributed by atoms with Crippen molar-refractivity contribution in [3.8, 4) is 11.5 Å². The average molecular weight is 408 g/mol. The summed E-state index contributed by atoms with van der Waals surface area (Å²) in [5, 5.41) is 1.58. The van der Waals surface area contributed by atoms with Gasteiger partial charge in [0.15, 0.2) is 21.3 Å². The number of benzene rings is 2. The summed E-state index contributed by atoms with van der Waals surface area (Å²) in [5.74, 6) is 0.346. The second-order valence-electron chi connectivity index (χ2n) is 5.95. The minimum atomic E-state index is -3.35. The van der Waals surface area contributed by atoms with Crippen LogP contribution in [0.2, 0.25) is 5.02 Å². The molecule has 3 rings (SSSR count). The molecule has 0 spiro atoms. The molecular weight excluding hydrogens is 390 g/mol. The molecule has 27 heavy (non-hydrogen) atoms. The largest absolute Gasteiger partial charge is 0.493 e. The van der Waals surface area contributed by atoms with Gasteiger partial charge in [0.05, 0.1) is 26.0 Å². The van der Waals surface area contributed by atoms with E-state index < -0.39 is 15.9 Å². The zero-order valence-electron chi connectivity index (χ0n) is 14.8. The second-order valence-corrected chi connectivity index (χ2v) is 8.32. The fourth-order valence-corrected chi connectivity index (χ4v) is 4.37. The van der Waals surface area contributed by atoms with Crippen LogP contribution in [0.5, 0.6) is 11.5 Å². The lowest BCUT2D eigenvalue weighted by molar-refractivity contribution is 0.0982. The van der Waals surface area contributed by atoms with Gasteiger partial charge in [-0.15, -0.1) is 0 Å². The van der Waals surface area contributed by atoms with Gasteiger partial charge in [0.2, 0.25) is 0 Å². The van der Waals surface area contributed by atoms with Crippen molar-refractivity contribution in [1.82, 2.24) is 0 Å². The number of nitrogens with zero attached hydrogens (tertiary/aromatic N) is 1. The minimum absolute atomic E-state index is 0.182. The van der Waals surface area contributed by atoms with E-state index in [1.807, 2.05) is 0 Å². The van der Waals surface area contributed by atoms with Crippen LogP contribution < -0.4 is 14.4 Å². The summed E-state index contributed by atoms with van der Waals surface area (Å²) in [5.41, 5.74) is 0.847. The van der Waals surface area contributed by atoms with Gasteiger partial charge in [0, 0.05) is 21.7 Å². The van der Waals surface area contributed by atoms with Crippen LogP contribution in [0, 0.1) is 0 Å². The maximum Gasteiger partial charge on any atom is 0.258 e. The maximum atomic E-state index is 13.3. The number of hydrogen-bond acceptors (Lipinski definition) is 5. The molecule has 0 fully saturated rings. The molecule has 8 heteroatoms. The molecule has 0 aliphatic carbocycles. The van der Waals surface area contributed by atoms with Crippen LogP contribution in [0.3, 0.4) is 0 Å². The van der Waals surface area contributed by atoms with Crippen molar-refractivity contribution in [1.29, 1.82) is 0 Å². The van der Waals surface area contributed by atoms with E-state index in [1.54, 1.807) is 42.5 Å². The van der Waals surface area contributed by atoms with Crippen LogP contribution >= 0.6 is 11.6 Å². The third kappa shape index (κ3) is 4.09. The van der Waals surface area contributed by atoms with Gasteiger partial charge in [-0.3, -0.25) is 4.79 Å². The summed E-state index contributed by atoms with van der Waals surface area (Å²) in [6, 6.07) is 10.9. The summed E-state index contributed by atoms with van der Waals surface area (Å²) in [7, 11) is -0.365. The number of rotatable bonds is 5. The fourth-order valence-electron chi connectivity index (χ4n) is 2.91. The topological polar surface area (TPSA) is 72.9 Å². The Hall–Kier alpha value is -2.51. The molecule has 0 N–H and O–H groups in total. The van der Waals surface area contributed by atoms with Gasteiger partial charge in [-0.25, -0.2) is 8.42 Å². The highest BCUT2D eigenvalue weighted by atomic mass is 35.5. The van der Waals surface area contributed by atoms with Crippen molar-refractivity contribution in [2.24, 2.45) is 0 Å².